The monoisotopic (exact) mass is 458 g/mol. The van der Waals surface area contributed by atoms with Gasteiger partial charge in [-0.2, -0.15) is 0 Å². The van der Waals surface area contributed by atoms with Crippen molar-refractivity contribution in [3.63, 3.8) is 0 Å². The highest BCUT2D eigenvalue weighted by Crippen LogP contribution is 2.21. The van der Waals surface area contributed by atoms with E-state index in [-0.39, 0.29) is 11.8 Å². The Hall–Kier alpha value is -2.53. The average molecular weight is 459 g/mol. The molecule has 0 bridgehead atoms. The fourth-order valence-electron chi connectivity index (χ4n) is 3.43. The summed E-state index contributed by atoms with van der Waals surface area (Å²) in [5.74, 6) is 0.602. The number of carbonyl (C=O) groups excluding carboxylic acids is 2. The van der Waals surface area contributed by atoms with Crippen LogP contribution in [0.15, 0.2) is 48.5 Å². The van der Waals surface area contributed by atoms with Gasteiger partial charge in [0.2, 0.25) is 11.8 Å². The summed E-state index contributed by atoms with van der Waals surface area (Å²) in [6, 6.07) is 14.7. The number of nitrogens with one attached hydrogen (secondary N) is 1. The Kier molecular flexibility index (Phi) is 11.1. The molecule has 0 spiro atoms. The van der Waals surface area contributed by atoms with Gasteiger partial charge in [0, 0.05) is 24.5 Å². The van der Waals surface area contributed by atoms with Crippen LogP contribution in [0.5, 0.6) is 5.75 Å². The molecule has 32 heavy (non-hydrogen) atoms. The van der Waals surface area contributed by atoms with Gasteiger partial charge in [-0.25, -0.2) is 0 Å². The number of ether oxygens (including phenoxy) is 1. The number of amides is 2. The summed E-state index contributed by atoms with van der Waals surface area (Å²) in [5, 5.41) is 3.57. The summed E-state index contributed by atoms with van der Waals surface area (Å²) in [4.78, 5) is 27.7. The predicted molar refractivity (Wildman–Crippen MR) is 130 cm³/mol. The third-order valence-electron chi connectivity index (χ3n) is 5.34. The summed E-state index contributed by atoms with van der Waals surface area (Å²) < 4.78 is 5.76. The van der Waals surface area contributed by atoms with Gasteiger partial charge in [-0.15, -0.1) is 0 Å². The SMILES string of the molecule is CCCCNC(=O)C(CC)N(Cc1ccccc1Cl)C(=O)CCCOc1ccc(C)cc1. The Labute approximate surface area is 197 Å². The standard InChI is InChI=1S/C26H35ClN2O3/c1-4-6-17-28-26(31)24(5-2)29(19-21-10-7-8-11-23(21)27)25(30)12-9-18-32-22-15-13-20(3)14-16-22/h7-8,10-11,13-16,24H,4-6,9,12,17-19H2,1-3H3,(H,28,31). The van der Waals surface area contributed by atoms with Crippen LogP contribution in [0.3, 0.4) is 0 Å². The minimum atomic E-state index is -0.534. The Balaban J connectivity index is 2.04. The minimum absolute atomic E-state index is 0.0742. The molecule has 2 aromatic carbocycles. The zero-order valence-corrected chi connectivity index (χ0v) is 20.2. The third-order valence-corrected chi connectivity index (χ3v) is 5.71. The molecule has 0 heterocycles. The number of benzene rings is 2. The third kappa shape index (κ3) is 8.19. The molecule has 0 radical (unpaired) electrons. The van der Waals surface area contributed by atoms with Crippen LogP contribution in [0.4, 0.5) is 0 Å². The van der Waals surface area contributed by atoms with Crippen LogP contribution in [0.25, 0.3) is 0 Å². The second kappa shape index (κ2) is 13.8. The maximum atomic E-state index is 13.2. The van der Waals surface area contributed by atoms with Gasteiger partial charge in [-0.3, -0.25) is 9.59 Å². The Morgan fingerprint density at radius 3 is 2.44 bits per heavy atom. The van der Waals surface area contributed by atoms with Crippen molar-refractivity contribution < 1.29 is 14.3 Å². The molecule has 0 aliphatic carbocycles. The van der Waals surface area contributed by atoms with Gasteiger partial charge in [-0.05, 0) is 49.9 Å². The first-order chi connectivity index (χ1) is 15.5. The van der Waals surface area contributed by atoms with E-state index < -0.39 is 6.04 Å². The quantitative estimate of drug-likeness (QED) is 0.401. The van der Waals surface area contributed by atoms with Crippen LogP contribution in [0.2, 0.25) is 5.02 Å². The normalized spacial score (nSPS) is 11.6. The molecule has 2 aromatic rings. The van der Waals surface area contributed by atoms with Gasteiger partial charge in [0.05, 0.1) is 6.61 Å². The number of hydrogen-bond donors (Lipinski definition) is 1. The number of unbranched alkanes of at least 4 members (excludes halogenated alkanes) is 1. The molecular formula is C26H35ClN2O3. The highest BCUT2D eigenvalue weighted by molar-refractivity contribution is 6.31. The molecule has 1 atom stereocenters. The molecular weight excluding hydrogens is 424 g/mol. The van der Waals surface area contributed by atoms with E-state index in [1.165, 1.54) is 5.56 Å². The van der Waals surface area contributed by atoms with Gasteiger partial charge < -0.3 is 15.0 Å². The van der Waals surface area contributed by atoms with E-state index in [0.717, 1.165) is 24.2 Å². The van der Waals surface area contributed by atoms with Crippen molar-refractivity contribution in [3.8, 4) is 5.75 Å². The average Bonchev–Trinajstić information content (AvgIpc) is 2.79. The second-order valence-corrected chi connectivity index (χ2v) is 8.35. The van der Waals surface area contributed by atoms with Crippen molar-refractivity contribution in [1.82, 2.24) is 10.2 Å². The predicted octanol–water partition coefficient (Wildman–Crippen LogP) is 5.53. The summed E-state index contributed by atoms with van der Waals surface area (Å²) in [7, 11) is 0. The topological polar surface area (TPSA) is 58.6 Å². The lowest BCUT2D eigenvalue weighted by molar-refractivity contribution is -0.141. The van der Waals surface area contributed by atoms with Gasteiger partial charge >= 0.3 is 0 Å². The Bertz CT molecular complexity index is 854. The largest absolute Gasteiger partial charge is 0.494 e. The number of halogens is 1. The fraction of sp³-hybridized carbons (Fsp3) is 0.462. The lowest BCUT2D eigenvalue weighted by atomic mass is 10.1. The minimum Gasteiger partial charge on any atom is -0.494 e. The van der Waals surface area contributed by atoms with Crippen LogP contribution < -0.4 is 10.1 Å². The van der Waals surface area contributed by atoms with E-state index in [9.17, 15) is 9.59 Å². The van der Waals surface area contributed by atoms with Crippen molar-refractivity contribution >= 4 is 23.4 Å². The van der Waals surface area contributed by atoms with Crippen molar-refractivity contribution in [1.29, 1.82) is 0 Å². The van der Waals surface area contributed by atoms with Crippen LogP contribution in [0.1, 0.15) is 57.1 Å². The van der Waals surface area contributed by atoms with Crippen LogP contribution in [-0.2, 0) is 16.1 Å². The van der Waals surface area contributed by atoms with E-state index in [2.05, 4.69) is 12.2 Å². The molecule has 5 nitrogen and oxygen atoms in total. The maximum absolute atomic E-state index is 13.2. The first-order valence-electron chi connectivity index (χ1n) is 11.5. The molecule has 0 aromatic heterocycles. The second-order valence-electron chi connectivity index (χ2n) is 7.95. The van der Waals surface area contributed by atoms with Crippen molar-refractivity contribution in [2.75, 3.05) is 13.2 Å². The van der Waals surface area contributed by atoms with E-state index in [0.29, 0.717) is 44.0 Å². The maximum Gasteiger partial charge on any atom is 0.242 e. The number of aryl methyl sites for hydroxylation is 1. The summed E-state index contributed by atoms with van der Waals surface area (Å²) in [6.45, 7) is 7.39. The van der Waals surface area contributed by atoms with Crippen LogP contribution in [-0.4, -0.2) is 35.9 Å². The van der Waals surface area contributed by atoms with Crippen molar-refractivity contribution in [2.24, 2.45) is 0 Å². The lowest BCUT2D eigenvalue weighted by Gasteiger charge is -2.31. The van der Waals surface area contributed by atoms with E-state index in [1.807, 2.05) is 56.3 Å². The molecule has 0 fully saturated rings. The summed E-state index contributed by atoms with van der Waals surface area (Å²) >= 11 is 6.35. The fourth-order valence-corrected chi connectivity index (χ4v) is 3.62. The van der Waals surface area contributed by atoms with Gasteiger partial charge in [-0.1, -0.05) is 67.8 Å². The molecule has 6 heteroatoms. The molecule has 0 aliphatic heterocycles. The number of carbonyl (C=O) groups is 2. The van der Waals surface area contributed by atoms with Gasteiger partial charge in [0.15, 0.2) is 0 Å². The molecule has 1 unspecified atom stereocenters. The molecule has 0 aliphatic rings. The van der Waals surface area contributed by atoms with E-state index in [1.54, 1.807) is 11.0 Å². The Morgan fingerprint density at radius 2 is 1.78 bits per heavy atom. The van der Waals surface area contributed by atoms with Crippen LogP contribution >= 0.6 is 11.6 Å². The summed E-state index contributed by atoms with van der Waals surface area (Å²) in [5.41, 5.74) is 2.00. The molecule has 174 valence electrons. The Morgan fingerprint density at radius 1 is 1.06 bits per heavy atom. The van der Waals surface area contributed by atoms with E-state index >= 15 is 0 Å². The number of nitrogens with zero attached hydrogens (tertiary/aromatic N) is 1. The molecule has 2 rings (SSSR count). The summed E-state index contributed by atoms with van der Waals surface area (Å²) in [6.07, 6.45) is 3.32. The van der Waals surface area contributed by atoms with Crippen molar-refractivity contribution in [3.05, 3.63) is 64.7 Å². The molecule has 0 saturated carbocycles. The smallest absolute Gasteiger partial charge is 0.242 e. The highest BCUT2D eigenvalue weighted by atomic mass is 35.5. The van der Waals surface area contributed by atoms with Gasteiger partial charge in [0.1, 0.15) is 11.8 Å². The van der Waals surface area contributed by atoms with Crippen molar-refractivity contribution in [2.45, 2.75) is 65.5 Å². The zero-order chi connectivity index (χ0) is 23.3. The van der Waals surface area contributed by atoms with E-state index in [4.69, 9.17) is 16.3 Å². The zero-order valence-electron chi connectivity index (χ0n) is 19.4. The first-order valence-corrected chi connectivity index (χ1v) is 11.8. The highest BCUT2D eigenvalue weighted by Gasteiger charge is 2.28. The molecule has 1 N–H and O–H groups in total. The molecule has 0 saturated heterocycles. The number of rotatable bonds is 13. The van der Waals surface area contributed by atoms with Gasteiger partial charge in [0.25, 0.3) is 0 Å². The number of hydrogen-bond acceptors (Lipinski definition) is 3. The molecule has 2 amide bonds. The van der Waals surface area contributed by atoms with Crippen LogP contribution in [0, 0.1) is 6.92 Å². The first kappa shape index (κ1) is 25.7. The lowest BCUT2D eigenvalue weighted by Crippen LogP contribution is -2.49.